The molecular weight excluding hydrogens is 452 g/mol. The van der Waals surface area contributed by atoms with Gasteiger partial charge in [-0.1, -0.05) is 30.3 Å². The van der Waals surface area contributed by atoms with Crippen LogP contribution in [-0.2, 0) is 6.54 Å². The second kappa shape index (κ2) is 10.7. The van der Waals surface area contributed by atoms with Gasteiger partial charge in [-0.15, -0.1) is 0 Å². The van der Waals surface area contributed by atoms with E-state index < -0.39 is 5.56 Å². The fraction of sp³-hybridized carbons (Fsp3) is 0.320. The van der Waals surface area contributed by atoms with Crippen LogP contribution >= 0.6 is 12.2 Å². The Kier molecular flexibility index (Phi) is 7.44. The summed E-state index contributed by atoms with van der Waals surface area (Å²) in [5.41, 5.74) is 1.29. The summed E-state index contributed by atoms with van der Waals surface area (Å²) in [6.45, 7) is 2.76. The number of benzene rings is 2. The van der Waals surface area contributed by atoms with Gasteiger partial charge in [-0.3, -0.25) is 24.2 Å². The number of likely N-dealkylation sites (tertiary alicyclic amines) is 1. The topological polar surface area (TPSA) is 92.1 Å². The minimum absolute atomic E-state index is 0.0421. The molecule has 1 fully saturated rings. The summed E-state index contributed by atoms with van der Waals surface area (Å²) in [5, 5.41) is 11.0. The number of aromatic hydroxyl groups is 1. The number of nitrogens with one attached hydrogen (secondary N) is 1. The van der Waals surface area contributed by atoms with Crippen molar-refractivity contribution < 1.29 is 14.6 Å². The Labute approximate surface area is 203 Å². The predicted octanol–water partition coefficient (Wildman–Crippen LogP) is 3.70. The van der Waals surface area contributed by atoms with Crippen LogP contribution in [-0.4, -0.2) is 59.1 Å². The first kappa shape index (κ1) is 23.7. The fourth-order valence-corrected chi connectivity index (χ4v) is 4.38. The molecule has 0 bridgehead atoms. The average molecular weight is 481 g/mol. The first-order valence-electron chi connectivity index (χ1n) is 11.1. The van der Waals surface area contributed by atoms with Crippen LogP contribution in [0, 0.1) is 4.77 Å². The minimum atomic E-state index is -0.495. The zero-order valence-electron chi connectivity index (χ0n) is 19.2. The molecule has 2 aromatic carbocycles. The molecule has 2 N–H and O–H groups in total. The average Bonchev–Trinajstić information content (AvgIpc) is 2.85. The van der Waals surface area contributed by atoms with Crippen molar-refractivity contribution in [3.63, 3.8) is 0 Å². The van der Waals surface area contributed by atoms with Crippen molar-refractivity contribution in [2.45, 2.75) is 25.4 Å². The highest BCUT2D eigenvalue weighted by atomic mass is 32.1. The second-order valence-electron chi connectivity index (χ2n) is 8.14. The van der Waals surface area contributed by atoms with E-state index in [0.29, 0.717) is 17.2 Å². The third-order valence-electron chi connectivity index (χ3n) is 5.97. The van der Waals surface area contributed by atoms with Crippen LogP contribution in [0.2, 0.25) is 0 Å². The maximum atomic E-state index is 12.6. The molecule has 1 aromatic heterocycles. The molecule has 2 heterocycles. The molecule has 1 aliphatic rings. The van der Waals surface area contributed by atoms with Gasteiger partial charge in [0, 0.05) is 31.9 Å². The lowest BCUT2D eigenvalue weighted by Crippen LogP contribution is -2.34. The maximum Gasteiger partial charge on any atom is 0.264 e. The minimum Gasteiger partial charge on any atom is -0.497 e. The number of piperidine rings is 1. The Balaban J connectivity index is 1.55. The Morgan fingerprint density at radius 1 is 1.15 bits per heavy atom. The third kappa shape index (κ3) is 5.21. The normalized spacial score (nSPS) is 15.0. The van der Waals surface area contributed by atoms with E-state index in [9.17, 15) is 9.90 Å². The number of aromatic amines is 1. The Hall–Kier alpha value is -3.43. The Bertz CT molecular complexity index is 1280. The summed E-state index contributed by atoms with van der Waals surface area (Å²) in [6, 6.07) is 15.6. The number of aliphatic imine (C=N–C) groups is 1. The van der Waals surface area contributed by atoms with Crippen LogP contribution in [0.1, 0.15) is 24.0 Å². The molecule has 34 heavy (non-hydrogen) atoms. The number of H-pyrrole nitrogens is 1. The zero-order chi connectivity index (χ0) is 24.1. The largest absolute Gasteiger partial charge is 0.497 e. The van der Waals surface area contributed by atoms with Crippen LogP contribution in [0.15, 0.2) is 58.3 Å². The molecule has 178 valence electrons. The molecule has 1 saturated heterocycles. The maximum absolute atomic E-state index is 12.6. The van der Waals surface area contributed by atoms with Crippen molar-refractivity contribution in [3.05, 3.63) is 74.8 Å². The van der Waals surface area contributed by atoms with Crippen molar-refractivity contribution in [2.75, 3.05) is 27.3 Å². The first-order valence-corrected chi connectivity index (χ1v) is 11.5. The van der Waals surface area contributed by atoms with E-state index in [-0.39, 0.29) is 22.3 Å². The van der Waals surface area contributed by atoms with Crippen molar-refractivity contribution in [1.29, 1.82) is 0 Å². The highest BCUT2D eigenvalue weighted by Crippen LogP contribution is 2.31. The number of ether oxygens (including phenoxy) is 2. The van der Waals surface area contributed by atoms with E-state index in [1.165, 1.54) is 23.5 Å². The summed E-state index contributed by atoms with van der Waals surface area (Å²) >= 11 is 5.33. The summed E-state index contributed by atoms with van der Waals surface area (Å²) in [5.74, 6) is 0.722. The second-order valence-corrected chi connectivity index (χ2v) is 8.53. The van der Waals surface area contributed by atoms with Crippen molar-refractivity contribution in [1.82, 2.24) is 14.5 Å². The van der Waals surface area contributed by atoms with Gasteiger partial charge < -0.3 is 14.6 Å². The molecule has 8 nitrogen and oxygen atoms in total. The fourth-order valence-electron chi connectivity index (χ4n) is 4.10. The van der Waals surface area contributed by atoms with Crippen LogP contribution < -0.4 is 15.0 Å². The van der Waals surface area contributed by atoms with Gasteiger partial charge in [-0.25, -0.2) is 0 Å². The highest BCUT2D eigenvalue weighted by Gasteiger charge is 2.20. The monoisotopic (exact) mass is 480 g/mol. The van der Waals surface area contributed by atoms with E-state index in [1.54, 1.807) is 25.3 Å². The molecule has 4 rings (SSSR count). The van der Waals surface area contributed by atoms with Crippen molar-refractivity contribution in [3.8, 4) is 23.1 Å². The molecule has 3 aromatic rings. The number of methoxy groups -OCH3 is 2. The molecular formula is C25H28N4O4S. The molecule has 0 radical (unpaired) electrons. The third-order valence-corrected chi connectivity index (χ3v) is 6.25. The van der Waals surface area contributed by atoms with Gasteiger partial charge in [-0.05, 0) is 42.8 Å². The molecule has 1 aliphatic heterocycles. The number of rotatable bonds is 7. The lowest BCUT2D eigenvalue weighted by Gasteiger charge is -2.30. The van der Waals surface area contributed by atoms with E-state index in [1.807, 2.05) is 6.07 Å². The van der Waals surface area contributed by atoms with Gasteiger partial charge in [0.05, 0.1) is 25.9 Å². The van der Waals surface area contributed by atoms with Crippen molar-refractivity contribution in [2.24, 2.45) is 4.99 Å². The summed E-state index contributed by atoms with van der Waals surface area (Å²) in [6.07, 6.45) is 3.21. The van der Waals surface area contributed by atoms with Gasteiger partial charge in [-0.2, -0.15) is 0 Å². The number of nitrogens with zero attached hydrogens (tertiary/aromatic N) is 3. The van der Waals surface area contributed by atoms with Crippen molar-refractivity contribution >= 4 is 18.4 Å². The molecule has 9 heteroatoms. The van der Waals surface area contributed by atoms with E-state index in [0.717, 1.165) is 32.5 Å². The number of aromatic nitrogens is 2. The Morgan fingerprint density at radius 3 is 2.56 bits per heavy atom. The van der Waals surface area contributed by atoms with E-state index in [2.05, 4.69) is 39.1 Å². The van der Waals surface area contributed by atoms with Gasteiger partial charge in [0.1, 0.15) is 17.1 Å². The van der Waals surface area contributed by atoms with Crippen LogP contribution in [0.5, 0.6) is 17.4 Å². The molecule has 0 aliphatic carbocycles. The first-order chi connectivity index (χ1) is 16.5. The lowest BCUT2D eigenvalue weighted by molar-refractivity contribution is 0.206. The number of hydrogen-bond acceptors (Lipinski definition) is 7. The summed E-state index contributed by atoms with van der Waals surface area (Å²) in [7, 11) is 3.06. The molecule has 0 saturated carbocycles. The zero-order valence-corrected chi connectivity index (χ0v) is 20.0. The molecule has 0 atom stereocenters. The van der Waals surface area contributed by atoms with E-state index >= 15 is 0 Å². The van der Waals surface area contributed by atoms with Crippen LogP contribution in [0.25, 0.3) is 5.69 Å². The van der Waals surface area contributed by atoms with E-state index in [4.69, 9.17) is 21.7 Å². The molecule has 0 unspecified atom stereocenters. The number of hydrogen-bond donors (Lipinski definition) is 2. The van der Waals surface area contributed by atoms with Gasteiger partial charge in [0.15, 0.2) is 4.77 Å². The van der Waals surface area contributed by atoms with Gasteiger partial charge in [0.2, 0.25) is 5.88 Å². The predicted molar refractivity (Wildman–Crippen MR) is 134 cm³/mol. The van der Waals surface area contributed by atoms with Crippen LogP contribution in [0.4, 0.5) is 0 Å². The van der Waals surface area contributed by atoms with Crippen LogP contribution in [0.3, 0.4) is 0 Å². The lowest BCUT2D eigenvalue weighted by atomic mass is 10.0. The summed E-state index contributed by atoms with van der Waals surface area (Å²) < 4.78 is 12.1. The van der Waals surface area contributed by atoms with Gasteiger partial charge in [0.25, 0.3) is 5.56 Å². The Morgan fingerprint density at radius 2 is 1.88 bits per heavy atom. The molecule has 0 spiro atoms. The summed E-state index contributed by atoms with van der Waals surface area (Å²) in [4.78, 5) is 22.2. The molecule has 0 amide bonds. The highest BCUT2D eigenvalue weighted by molar-refractivity contribution is 7.71. The SMILES string of the molecule is COc1ccc(OC)c(-n2c(O)c(C=NC3CCN(Cc4ccccc4)CC3)c(=O)[nH]c2=S)c1. The standard InChI is InChI=1S/C25H28N4O4S/c1-32-19-8-9-22(33-2)21(14-19)29-24(31)20(23(30)27-25(29)34)15-26-18-10-12-28(13-11-18)16-17-6-4-3-5-7-17/h3-9,14-15,18,31H,10-13,16H2,1-2H3,(H,27,30,34). The quantitative estimate of drug-likeness (QED) is 0.396. The smallest absolute Gasteiger partial charge is 0.264 e. The van der Waals surface area contributed by atoms with Gasteiger partial charge >= 0.3 is 0 Å².